The molecule has 1 fully saturated rings. The smallest absolute Gasteiger partial charge is 0.226 e. The minimum absolute atomic E-state index is 0. The van der Waals surface area contributed by atoms with E-state index < -0.39 is 0 Å². The lowest BCUT2D eigenvalue weighted by Gasteiger charge is -2.06. The van der Waals surface area contributed by atoms with Gasteiger partial charge < -0.3 is 10.6 Å². The van der Waals surface area contributed by atoms with Crippen LogP contribution in [0.4, 0.5) is 0 Å². The third kappa shape index (κ3) is 1.61. The Hall–Kier alpha value is -0.280. The maximum atomic E-state index is 11.0. The minimum Gasteiger partial charge on any atom is -0.345 e. The standard InChI is InChI=1S/C6H12N2O.ClH/c1-8-3-2-5(4-7)6(8)9;/h5H,2-4,7H2,1H3;1H. The fraction of sp³-hybridized carbons (Fsp3) is 0.833. The van der Waals surface area contributed by atoms with Crippen LogP contribution in [0, 0.1) is 5.92 Å². The summed E-state index contributed by atoms with van der Waals surface area (Å²) in [4.78, 5) is 12.7. The first-order valence-electron chi connectivity index (χ1n) is 3.20. The van der Waals surface area contributed by atoms with Crippen LogP contribution in [0.25, 0.3) is 0 Å². The van der Waals surface area contributed by atoms with E-state index in [1.165, 1.54) is 0 Å². The van der Waals surface area contributed by atoms with Crippen molar-refractivity contribution < 1.29 is 4.79 Å². The van der Waals surface area contributed by atoms with Gasteiger partial charge in [-0.3, -0.25) is 4.79 Å². The highest BCUT2D eigenvalue weighted by Gasteiger charge is 2.26. The Bertz CT molecular complexity index is 129. The highest BCUT2D eigenvalue weighted by Crippen LogP contribution is 2.13. The van der Waals surface area contributed by atoms with Gasteiger partial charge in [-0.15, -0.1) is 12.4 Å². The molecule has 3 nitrogen and oxygen atoms in total. The van der Waals surface area contributed by atoms with Crippen LogP contribution in [0.2, 0.25) is 0 Å². The number of carbonyl (C=O) groups is 1. The van der Waals surface area contributed by atoms with Crippen molar-refractivity contribution in [3.8, 4) is 0 Å². The second-order valence-corrected chi connectivity index (χ2v) is 2.48. The predicted molar refractivity (Wildman–Crippen MR) is 42.0 cm³/mol. The molecule has 0 aromatic rings. The molecule has 0 aromatic heterocycles. The Morgan fingerprint density at radius 2 is 2.40 bits per heavy atom. The van der Waals surface area contributed by atoms with Gasteiger partial charge in [0.05, 0.1) is 5.92 Å². The molecule has 0 bridgehead atoms. The average Bonchev–Trinajstić information content (AvgIpc) is 2.15. The molecule has 1 atom stereocenters. The van der Waals surface area contributed by atoms with Crippen molar-refractivity contribution in [1.82, 2.24) is 4.90 Å². The number of hydrogen-bond acceptors (Lipinski definition) is 2. The first-order valence-corrected chi connectivity index (χ1v) is 3.20. The largest absolute Gasteiger partial charge is 0.345 e. The van der Waals surface area contributed by atoms with Crippen molar-refractivity contribution >= 4 is 18.3 Å². The second-order valence-electron chi connectivity index (χ2n) is 2.48. The van der Waals surface area contributed by atoms with E-state index in [1.54, 1.807) is 4.90 Å². The maximum Gasteiger partial charge on any atom is 0.226 e. The van der Waals surface area contributed by atoms with Crippen molar-refractivity contribution in [2.45, 2.75) is 6.42 Å². The number of carbonyl (C=O) groups excluding carboxylic acids is 1. The van der Waals surface area contributed by atoms with Gasteiger partial charge in [-0.1, -0.05) is 0 Å². The summed E-state index contributed by atoms with van der Waals surface area (Å²) in [7, 11) is 1.82. The summed E-state index contributed by atoms with van der Waals surface area (Å²) in [5.41, 5.74) is 5.34. The lowest BCUT2D eigenvalue weighted by Crippen LogP contribution is -2.26. The molecule has 0 spiro atoms. The molecule has 1 amide bonds. The normalized spacial score (nSPS) is 24.8. The van der Waals surface area contributed by atoms with Crippen LogP contribution < -0.4 is 5.73 Å². The molecule has 1 aliphatic heterocycles. The van der Waals surface area contributed by atoms with Crippen LogP contribution in [-0.4, -0.2) is 30.9 Å². The van der Waals surface area contributed by atoms with Gasteiger partial charge in [0.2, 0.25) is 5.91 Å². The van der Waals surface area contributed by atoms with E-state index >= 15 is 0 Å². The lowest BCUT2D eigenvalue weighted by atomic mass is 10.1. The molecule has 1 unspecified atom stereocenters. The molecule has 2 N–H and O–H groups in total. The summed E-state index contributed by atoms with van der Waals surface area (Å²) in [5, 5.41) is 0. The Morgan fingerprint density at radius 1 is 1.80 bits per heavy atom. The summed E-state index contributed by atoms with van der Waals surface area (Å²) in [5.74, 6) is 0.312. The van der Waals surface area contributed by atoms with E-state index in [9.17, 15) is 4.79 Å². The monoisotopic (exact) mass is 164 g/mol. The van der Waals surface area contributed by atoms with Crippen molar-refractivity contribution in [2.24, 2.45) is 11.7 Å². The molecule has 1 aliphatic rings. The number of rotatable bonds is 1. The number of halogens is 1. The number of likely N-dealkylation sites (tertiary alicyclic amines) is 1. The molecule has 1 heterocycles. The van der Waals surface area contributed by atoms with Gasteiger partial charge in [0.25, 0.3) is 0 Å². The van der Waals surface area contributed by atoms with E-state index in [1.807, 2.05) is 7.05 Å². The number of amides is 1. The van der Waals surface area contributed by atoms with Crippen LogP contribution in [0.15, 0.2) is 0 Å². The molecule has 10 heavy (non-hydrogen) atoms. The molecule has 1 saturated heterocycles. The first kappa shape index (κ1) is 9.72. The Morgan fingerprint density at radius 3 is 2.60 bits per heavy atom. The Kier molecular flexibility index (Phi) is 3.68. The van der Waals surface area contributed by atoms with Gasteiger partial charge in [0.1, 0.15) is 0 Å². The highest BCUT2D eigenvalue weighted by atomic mass is 35.5. The SMILES string of the molecule is CN1CCC(CN)C1=O.Cl. The molecule has 0 saturated carbocycles. The van der Waals surface area contributed by atoms with Gasteiger partial charge in [-0.05, 0) is 6.42 Å². The zero-order chi connectivity index (χ0) is 6.85. The maximum absolute atomic E-state index is 11.0. The topological polar surface area (TPSA) is 46.3 Å². The summed E-state index contributed by atoms with van der Waals surface area (Å²) < 4.78 is 0. The molecular formula is C6H13ClN2O. The van der Waals surface area contributed by atoms with Crippen LogP contribution in [0.3, 0.4) is 0 Å². The number of nitrogens with two attached hydrogens (primary N) is 1. The van der Waals surface area contributed by atoms with E-state index in [0.717, 1.165) is 13.0 Å². The fourth-order valence-electron chi connectivity index (χ4n) is 1.11. The number of hydrogen-bond donors (Lipinski definition) is 1. The summed E-state index contributed by atoms with van der Waals surface area (Å²) >= 11 is 0. The minimum atomic E-state index is 0. The third-order valence-electron chi connectivity index (χ3n) is 1.82. The summed E-state index contributed by atoms with van der Waals surface area (Å²) in [6.07, 6.45) is 0.936. The van der Waals surface area contributed by atoms with E-state index in [-0.39, 0.29) is 24.2 Å². The van der Waals surface area contributed by atoms with Gasteiger partial charge in [-0.25, -0.2) is 0 Å². The summed E-state index contributed by atoms with van der Waals surface area (Å²) in [6.45, 7) is 1.38. The molecule has 1 rings (SSSR count). The summed E-state index contributed by atoms with van der Waals surface area (Å²) in [6, 6.07) is 0. The molecular weight excluding hydrogens is 152 g/mol. The van der Waals surface area contributed by atoms with Crippen LogP contribution >= 0.6 is 12.4 Å². The van der Waals surface area contributed by atoms with Crippen molar-refractivity contribution in [1.29, 1.82) is 0 Å². The number of nitrogens with zero attached hydrogens (tertiary/aromatic N) is 1. The molecule has 60 valence electrons. The van der Waals surface area contributed by atoms with E-state index in [2.05, 4.69) is 0 Å². The molecule has 0 radical (unpaired) electrons. The Labute approximate surface area is 67.0 Å². The van der Waals surface area contributed by atoms with Crippen LogP contribution in [-0.2, 0) is 4.79 Å². The van der Waals surface area contributed by atoms with Gasteiger partial charge in [0, 0.05) is 20.1 Å². The zero-order valence-electron chi connectivity index (χ0n) is 6.04. The van der Waals surface area contributed by atoms with Crippen molar-refractivity contribution in [2.75, 3.05) is 20.1 Å². The van der Waals surface area contributed by atoms with E-state index in [0.29, 0.717) is 6.54 Å². The molecule has 0 aromatic carbocycles. The first-order chi connectivity index (χ1) is 4.25. The van der Waals surface area contributed by atoms with Gasteiger partial charge in [0.15, 0.2) is 0 Å². The van der Waals surface area contributed by atoms with Crippen LogP contribution in [0.1, 0.15) is 6.42 Å². The van der Waals surface area contributed by atoms with Crippen LogP contribution in [0.5, 0.6) is 0 Å². The fourth-order valence-corrected chi connectivity index (χ4v) is 1.11. The quantitative estimate of drug-likeness (QED) is 0.586. The van der Waals surface area contributed by atoms with Gasteiger partial charge in [-0.2, -0.15) is 0 Å². The van der Waals surface area contributed by atoms with Crippen molar-refractivity contribution in [3.05, 3.63) is 0 Å². The zero-order valence-corrected chi connectivity index (χ0v) is 6.86. The van der Waals surface area contributed by atoms with Crippen molar-refractivity contribution in [3.63, 3.8) is 0 Å². The second kappa shape index (κ2) is 3.78. The highest BCUT2D eigenvalue weighted by molar-refractivity contribution is 5.85. The lowest BCUT2D eigenvalue weighted by molar-refractivity contribution is -0.129. The average molecular weight is 165 g/mol. The Balaban J connectivity index is 0.000000810. The predicted octanol–water partition coefficient (Wildman–Crippen LogP) is -0.155. The van der Waals surface area contributed by atoms with E-state index in [4.69, 9.17) is 5.73 Å². The molecule has 0 aliphatic carbocycles. The third-order valence-corrected chi connectivity index (χ3v) is 1.82. The van der Waals surface area contributed by atoms with Gasteiger partial charge >= 0.3 is 0 Å². The molecule has 4 heteroatoms.